The Morgan fingerprint density at radius 1 is 0.848 bits per heavy atom. The van der Waals surface area contributed by atoms with Gasteiger partial charge in [-0.1, -0.05) is 62.6 Å². The molecule has 1 aliphatic rings. The van der Waals surface area contributed by atoms with Gasteiger partial charge in [-0.05, 0) is 67.4 Å². The first-order valence-corrected chi connectivity index (χ1v) is 15.4. The van der Waals surface area contributed by atoms with Crippen LogP contribution in [0.2, 0.25) is 0 Å². The molecule has 1 fully saturated rings. The van der Waals surface area contributed by atoms with Crippen molar-refractivity contribution < 1.29 is 17.1 Å². The van der Waals surface area contributed by atoms with Crippen LogP contribution in [-0.2, 0) is 14.3 Å². The van der Waals surface area contributed by atoms with Gasteiger partial charge in [0, 0.05) is 22.6 Å². The monoisotopic (exact) mass is 588 g/mol. The van der Waals surface area contributed by atoms with Crippen LogP contribution in [0.5, 0.6) is 0 Å². The van der Waals surface area contributed by atoms with Gasteiger partial charge in [0.25, 0.3) is 10.1 Å². The molecule has 1 aliphatic heterocycles. The molecule has 33 heavy (non-hydrogen) atoms. The second-order valence-electron chi connectivity index (χ2n) is 9.63. The van der Waals surface area contributed by atoms with Gasteiger partial charge in [-0.25, -0.2) is 0 Å². The highest BCUT2D eigenvalue weighted by atomic mass is 127. The zero-order valence-electron chi connectivity index (χ0n) is 20.5. The van der Waals surface area contributed by atoms with Crippen molar-refractivity contribution in [2.24, 2.45) is 0 Å². The number of rotatable bonds is 16. The molecule has 1 saturated heterocycles. The lowest BCUT2D eigenvalue weighted by Gasteiger charge is -2.40. The van der Waals surface area contributed by atoms with E-state index in [1.165, 1.54) is 88.3 Å². The number of hydrogen-bond donors (Lipinski definition) is 0. The van der Waals surface area contributed by atoms with Crippen LogP contribution >= 0.6 is 22.6 Å². The molecular weight excluding hydrogens is 545 g/mol. The summed E-state index contributed by atoms with van der Waals surface area (Å²) in [6, 6.07) is 6.81. The van der Waals surface area contributed by atoms with Crippen LogP contribution in [0.1, 0.15) is 89.0 Å². The second-order valence-corrected chi connectivity index (χ2v) is 11.8. The molecule has 0 spiro atoms. The van der Waals surface area contributed by atoms with Crippen molar-refractivity contribution in [3.63, 3.8) is 0 Å². The Morgan fingerprint density at radius 2 is 1.39 bits per heavy atom. The highest BCUT2D eigenvalue weighted by Gasteiger charge is 2.28. The summed E-state index contributed by atoms with van der Waals surface area (Å²) in [5.74, 6) is 3.34. The van der Waals surface area contributed by atoms with Crippen molar-refractivity contribution in [3.8, 4) is 9.85 Å². The lowest BCUT2D eigenvalue weighted by Crippen LogP contribution is -2.52. The van der Waals surface area contributed by atoms with E-state index in [-0.39, 0.29) is 11.5 Å². The van der Waals surface area contributed by atoms with Crippen molar-refractivity contribution in [2.75, 3.05) is 32.8 Å². The molecule has 0 bridgehead atoms. The van der Waals surface area contributed by atoms with Crippen LogP contribution < -0.4 is 0 Å². The maximum atomic E-state index is 12.2. The van der Waals surface area contributed by atoms with Crippen molar-refractivity contribution in [3.05, 3.63) is 29.8 Å². The van der Waals surface area contributed by atoms with Crippen molar-refractivity contribution in [2.45, 2.75) is 95.3 Å². The van der Waals surface area contributed by atoms with Crippen LogP contribution in [0.25, 0.3) is 0 Å². The van der Waals surface area contributed by atoms with Gasteiger partial charge in [-0.15, -0.1) is 0 Å². The normalized spacial score (nSPS) is 15.7. The quantitative estimate of drug-likeness (QED) is 0.0687. The molecule has 1 aromatic carbocycles. The number of quaternary nitrogens is 1. The van der Waals surface area contributed by atoms with Crippen molar-refractivity contribution in [1.82, 2.24) is 0 Å². The van der Waals surface area contributed by atoms with E-state index < -0.39 is 10.1 Å². The number of halogens is 1. The van der Waals surface area contributed by atoms with Gasteiger partial charge in [0.05, 0.1) is 31.1 Å². The highest BCUT2D eigenvalue weighted by Crippen LogP contribution is 2.21. The van der Waals surface area contributed by atoms with Crippen LogP contribution in [0, 0.1) is 16.8 Å². The Balaban J connectivity index is 1.43. The van der Waals surface area contributed by atoms with E-state index in [9.17, 15) is 8.42 Å². The molecular formula is C27H43INO3S+. The number of benzene rings is 1. The number of likely N-dealkylation sites (tertiary alicyclic amines) is 1. The van der Waals surface area contributed by atoms with Crippen LogP contribution in [0.3, 0.4) is 0 Å². The first-order chi connectivity index (χ1) is 16.0. The average Bonchev–Trinajstić information content (AvgIpc) is 2.81. The summed E-state index contributed by atoms with van der Waals surface area (Å²) < 4.78 is 33.8. The fourth-order valence-corrected chi connectivity index (χ4v) is 5.86. The van der Waals surface area contributed by atoms with E-state index in [0.717, 1.165) is 31.4 Å². The zero-order chi connectivity index (χ0) is 23.8. The number of nitrogens with zero attached hydrogens (tertiary/aromatic N) is 1. The Bertz CT molecular complexity index is 821. The molecule has 6 heteroatoms. The molecule has 0 aliphatic carbocycles. The van der Waals surface area contributed by atoms with Gasteiger partial charge in [-0.2, -0.15) is 8.42 Å². The molecule has 0 saturated carbocycles. The molecule has 2 rings (SSSR count). The molecule has 0 atom stereocenters. The van der Waals surface area contributed by atoms with Gasteiger partial charge < -0.3 is 4.48 Å². The maximum Gasteiger partial charge on any atom is 0.296 e. The van der Waals surface area contributed by atoms with Gasteiger partial charge >= 0.3 is 0 Å². The summed E-state index contributed by atoms with van der Waals surface area (Å²) in [5.41, 5.74) is 1.04. The molecule has 0 N–H and O–H groups in total. The molecule has 186 valence electrons. The molecule has 0 aromatic heterocycles. The number of unbranched alkanes of at least 4 members (excludes halogenated alkanes) is 9. The van der Waals surface area contributed by atoms with Gasteiger partial charge in [0.2, 0.25) is 0 Å². The lowest BCUT2D eigenvalue weighted by atomic mass is 10.0. The Kier molecular flexibility index (Phi) is 14.0. The third-order valence-corrected chi connectivity index (χ3v) is 8.53. The van der Waals surface area contributed by atoms with Crippen LogP contribution in [0.4, 0.5) is 0 Å². The SMILES string of the molecule is Cc1ccc(S(=O)(=O)OCCCCCCCCCCCC[N+]2(CC#CI)CCCCC2)cc1. The minimum absolute atomic E-state index is 0.246. The summed E-state index contributed by atoms with van der Waals surface area (Å²) in [6.07, 6.45) is 16.4. The maximum absolute atomic E-state index is 12.2. The van der Waals surface area contributed by atoms with E-state index in [1.54, 1.807) is 24.3 Å². The standard InChI is InChI=1S/C27H43INO3S/c1-26-16-18-27(19-17-26)33(30,31)32-25-14-9-7-5-3-2-4-6-8-11-21-29(24-15-20-28)22-12-10-13-23-29/h16-19H,2-14,21-25H2,1H3/q+1. The largest absolute Gasteiger partial charge is 0.313 e. The summed E-state index contributed by atoms with van der Waals surface area (Å²) in [7, 11) is -3.61. The van der Waals surface area contributed by atoms with E-state index >= 15 is 0 Å². The Morgan fingerprint density at radius 3 is 1.97 bits per heavy atom. The fraction of sp³-hybridized carbons (Fsp3) is 0.704. The van der Waals surface area contributed by atoms with E-state index in [2.05, 4.69) is 32.4 Å². The summed E-state index contributed by atoms with van der Waals surface area (Å²) in [5, 5.41) is 0. The number of piperidine rings is 1. The van der Waals surface area contributed by atoms with Crippen molar-refractivity contribution in [1.29, 1.82) is 0 Å². The summed E-state index contributed by atoms with van der Waals surface area (Å²) in [6.45, 7) is 7.23. The van der Waals surface area contributed by atoms with Crippen molar-refractivity contribution >= 4 is 32.7 Å². The molecule has 1 aromatic rings. The third-order valence-electron chi connectivity index (χ3n) is 6.82. The second kappa shape index (κ2) is 16.1. The highest BCUT2D eigenvalue weighted by molar-refractivity contribution is 14.1. The van der Waals surface area contributed by atoms with Gasteiger partial charge in [0.1, 0.15) is 6.54 Å². The summed E-state index contributed by atoms with van der Waals surface area (Å²) in [4.78, 5) is 0.246. The van der Waals surface area contributed by atoms with E-state index in [1.807, 2.05) is 6.92 Å². The molecule has 0 amide bonds. The third kappa shape index (κ3) is 11.6. The molecule has 1 heterocycles. The smallest absolute Gasteiger partial charge is 0.296 e. The molecule has 0 radical (unpaired) electrons. The zero-order valence-corrected chi connectivity index (χ0v) is 23.5. The van der Waals surface area contributed by atoms with Crippen LogP contribution in [0.15, 0.2) is 29.2 Å². The molecule has 0 unspecified atom stereocenters. The lowest BCUT2D eigenvalue weighted by molar-refractivity contribution is -0.926. The minimum atomic E-state index is -3.61. The fourth-order valence-electron chi connectivity index (χ4n) is 4.75. The predicted molar refractivity (Wildman–Crippen MR) is 146 cm³/mol. The van der Waals surface area contributed by atoms with Gasteiger partial charge in [0.15, 0.2) is 0 Å². The topological polar surface area (TPSA) is 43.4 Å². The predicted octanol–water partition coefficient (Wildman–Crippen LogP) is 7.00. The Hall–Kier alpha value is -0.620. The van der Waals surface area contributed by atoms with Gasteiger partial charge in [-0.3, -0.25) is 4.18 Å². The average molecular weight is 589 g/mol. The number of aryl methyl sites for hydroxylation is 1. The molecule has 4 nitrogen and oxygen atoms in total. The first-order valence-electron chi connectivity index (χ1n) is 12.9. The van der Waals surface area contributed by atoms with Crippen LogP contribution in [-0.4, -0.2) is 45.7 Å². The van der Waals surface area contributed by atoms with E-state index in [4.69, 9.17) is 4.18 Å². The minimum Gasteiger partial charge on any atom is -0.313 e. The number of hydrogen-bond acceptors (Lipinski definition) is 3. The van der Waals surface area contributed by atoms with E-state index in [0.29, 0.717) is 0 Å². The first kappa shape index (κ1) is 28.6. The Labute approximate surface area is 216 Å². The summed E-state index contributed by atoms with van der Waals surface area (Å²) >= 11 is 2.17.